The summed E-state index contributed by atoms with van der Waals surface area (Å²) < 4.78 is 21.6. The van der Waals surface area contributed by atoms with Gasteiger partial charge in [0.15, 0.2) is 0 Å². The lowest BCUT2D eigenvalue weighted by atomic mass is 10.1. The van der Waals surface area contributed by atoms with E-state index >= 15 is 0 Å². The molecule has 0 aliphatic carbocycles. The summed E-state index contributed by atoms with van der Waals surface area (Å²) in [5, 5.41) is 12.1. The number of nitrogens with zero attached hydrogens (tertiary/aromatic N) is 1. The highest BCUT2D eigenvalue weighted by Gasteiger charge is 2.13. The van der Waals surface area contributed by atoms with Crippen molar-refractivity contribution in [3.63, 3.8) is 0 Å². The van der Waals surface area contributed by atoms with Crippen molar-refractivity contribution in [2.45, 2.75) is 6.61 Å². The summed E-state index contributed by atoms with van der Waals surface area (Å²) in [7, 11) is 0. The average molecular weight is 609 g/mol. The molecular formula is C23H14Br3FN2O2. The van der Waals surface area contributed by atoms with E-state index in [1.807, 2.05) is 6.07 Å². The molecule has 0 aliphatic rings. The zero-order valence-corrected chi connectivity index (χ0v) is 20.6. The van der Waals surface area contributed by atoms with E-state index in [0.717, 1.165) is 4.47 Å². The van der Waals surface area contributed by atoms with Crippen LogP contribution < -0.4 is 10.1 Å². The highest BCUT2D eigenvalue weighted by Crippen LogP contribution is 2.36. The number of benzene rings is 3. The third kappa shape index (κ3) is 6.26. The minimum absolute atomic E-state index is 0.0537. The third-order valence-electron chi connectivity index (χ3n) is 4.13. The summed E-state index contributed by atoms with van der Waals surface area (Å²) in [6.45, 7) is 0.0537. The van der Waals surface area contributed by atoms with Crippen LogP contribution in [0.15, 0.2) is 79.7 Å². The largest absolute Gasteiger partial charge is 0.486 e. The molecule has 0 saturated heterocycles. The van der Waals surface area contributed by atoms with E-state index in [1.165, 1.54) is 12.1 Å². The molecule has 0 saturated carbocycles. The van der Waals surface area contributed by atoms with E-state index in [2.05, 4.69) is 53.1 Å². The number of carbonyl (C=O) groups excluding carboxylic acids is 1. The molecule has 0 atom stereocenters. The van der Waals surface area contributed by atoms with Gasteiger partial charge in [0.2, 0.25) is 0 Å². The van der Waals surface area contributed by atoms with Crippen LogP contribution in [0.4, 0.5) is 10.1 Å². The lowest BCUT2D eigenvalue weighted by Crippen LogP contribution is -2.13. The number of nitrogens with one attached hydrogen (secondary N) is 1. The molecule has 0 fully saturated rings. The Morgan fingerprint density at radius 2 is 1.71 bits per heavy atom. The van der Waals surface area contributed by atoms with Gasteiger partial charge in [-0.25, -0.2) is 4.39 Å². The fraction of sp³-hybridized carbons (Fsp3) is 0.0435. The Morgan fingerprint density at radius 1 is 1.06 bits per heavy atom. The molecule has 3 rings (SSSR count). The zero-order valence-electron chi connectivity index (χ0n) is 15.8. The number of anilines is 1. The molecule has 8 heteroatoms. The summed E-state index contributed by atoms with van der Waals surface area (Å²) in [4.78, 5) is 12.5. The maximum atomic E-state index is 13.8. The number of hydrogen-bond donors (Lipinski definition) is 1. The Hall–Kier alpha value is -2.47. The number of hydrogen-bond acceptors (Lipinski definition) is 3. The molecule has 0 bridgehead atoms. The SMILES string of the molecule is N#C/C(=C/c1cc(Br)c(OCc2ccccc2F)c(Br)c1)C(=O)Nc1ccc(Br)cc1. The Balaban J connectivity index is 1.77. The summed E-state index contributed by atoms with van der Waals surface area (Å²) >= 11 is 10.2. The highest BCUT2D eigenvalue weighted by atomic mass is 79.9. The smallest absolute Gasteiger partial charge is 0.266 e. The van der Waals surface area contributed by atoms with Gasteiger partial charge < -0.3 is 10.1 Å². The monoisotopic (exact) mass is 606 g/mol. The highest BCUT2D eigenvalue weighted by molar-refractivity contribution is 9.11. The Kier molecular flexibility index (Phi) is 8.02. The minimum Gasteiger partial charge on any atom is -0.486 e. The van der Waals surface area contributed by atoms with Gasteiger partial charge in [0, 0.05) is 15.7 Å². The van der Waals surface area contributed by atoms with Crippen molar-refractivity contribution in [2.24, 2.45) is 0 Å². The molecule has 1 amide bonds. The van der Waals surface area contributed by atoms with Crippen molar-refractivity contribution in [3.05, 3.63) is 96.6 Å². The first-order chi connectivity index (χ1) is 14.9. The van der Waals surface area contributed by atoms with Crippen LogP contribution in [0, 0.1) is 17.1 Å². The summed E-state index contributed by atoms with van der Waals surface area (Å²) in [5.74, 6) is -0.375. The normalized spacial score (nSPS) is 11.0. The average Bonchev–Trinajstić information content (AvgIpc) is 2.74. The Bertz CT molecular complexity index is 1170. The van der Waals surface area contributed by atoms with Crippen LogP contribution in [0.5, 0.6) is 5.75 Å². The van der Waals surface area contributed by atoms with E-state index < -0.39 is 5.91 Å². The predicted octanol–water partition coefficient (Wildman–Crippen LogP) is 7.24. The van der Waals surface area contributed by atoms with Gasteiger partial charge in [-0.15, -0.1) is 0 Å². The molecule has 3 aromatic rings. The van der Waals surface area contributed by atoms with Gasteiger partial charge in [-0.05, 0) is 86.0 Å². The van der Waals surface area contributed by atoms with Crippen molar-refractivity contribution in [1.29, 1.82) is 5.26 Å². The molecular weight excluding hydrogens is 595 g/mol. The fourth-order valence-corrected chi connectivity index (χ4v) is 4.33. The zero-order chi connectivity index (χ0) is 22.4. The van der Waals surface area contributed by atoms with E-state index in [9.17, 15) is 14.4 Å². The van der Waals surface area contributed by atoms with Gasteiger partial charge in [0.1, 0.15) is 29.8 Å². The van der Waals surface area contributed by atoms with Gasteiger partial charge in [-0.2, -0.15) is 5.26 Å². The molecule has 0 aromatic heterocycles. The number of ether oxygens (including phenoxy) is 1. The van der Waals surface area contributed by atoms with E-state index in [1.54, 1.807) is 54.6 Å². The number of carbonyl (C=O) groups is 1. The summed E-state index contributed by atoms with van der Waals surface area (Å²) in [6.07, 6.45) is 1.48. The number of rotatable bonds is 6. The van der Waals surface area contributed by atoms with Gasteiger partial charge in [0.05, 0.1) is 8.95 Å². The standard InChI is InChI=1S/C23H14Br3FN2O2/c24-17-5-7-18(8-6-17)29-23(30)16(12-28)9-14-10-19(25)22(20(26)11-14)31-13-15-3-1-2-4-21(15)27/h1-11H,13H2,(H,29,30)/b16-9-. The second-order valence-corrected chi connectivity index (χ2v) is 8.95. The molecule has 4 nitrogen and oxygen atoms in total. The van der Waals surface area contributed by atoms with Crippen LogP contribution in [-0.2, 0) is 11.4 Å². The third-order valence-corrected chi connectivity index (χ3v) is 5.84. The quantitative estimate of drug-likeness (QED) is 0.237. The van der Waals surface area contributed by atoms with Crippen molar-refractivity contribution < 1.29 is 13.9 Å². The Morgan fingerprint density at radius 3 is 2.32 bits per heavy atom. The molecule has 0 heterocycles. The maximum Gasteiger partial charge on any atom is 0.266 e. The predicted molar refractivity (Wildman–Crippen MR) is 129 cm³/mol. The molecule has 0 radical (unpaired) electrons. The first-order valence-corrected chi connectivity index (χ1v) is 11.3. The Labute approximate surface area is 204 Å². The summed E-state index contributed by atoms with van der Waals surface area (Å²) in [6, 6.07) is 18.8. The van der Waals surface area contributed by atoms with Crippen LogP contribution in [0.2, 0.25) is 0 Å². The first-order valence-electron chi connectivity index (χ1n) is 8.91. The molecule has 31 heavy (non-hydrogen) atoms. The number of halogens is 4. The van der Waals surface area contributed by atoms with Crippen LogP contribution in [0.1, 0.15) is 11.1 Å². The van der Waals surface area contributed by atoms with E-state index in [0.29, 0.717) is 31.5 Å². The molecule has 0 spiro atoms. The van der Waals surface area contributed by atoms with Crippen molar-refractivity contribution in [3.8, 4) is 11.8 Å². The van der Waals surface area contributed by atoms with E-state index in [4.69, 9.17) is 4.74 Å². The van der Waals surface area contributed by atoms with Crippen LogP contribution in [0.3, 0.4) is 0 Å². The van der Waals surface area contributed by atoms with Gasteiger partial charge >= 0.3 is 0 Å². The maximum absolute atomic E-state index is 13.8. The topological polar surface area (TPSA) is 62.1 Å². The molecule has 3 aromatic carbocycles. The van der Waals surface area contributed by atoms with Crippen molar-refractivity contribution in [1.82, 2.24) is 0 Å². The lowest BCUT2D eigenvalue weighted by Gasteiger charge is -2.12. The molecule has 0 unspecified atom stereocenters. The molecule has 156 valence electrons. The van der Waals surface area contributed by atoms with Gasteiger partial charge in [-0.1, -0.05) is 34.1 Å². The second kappa shape index (κ2) is 10.7. The van der Waals surface area contributed by atoms with Crippen molar-refractivity contribution >= 4 is 65.5 Å². The van der Waals surface area contributed by atoms with Crippen LogP contribution >= 0.6 is 47.8 Å². The second-order valence-electron chi connectivity index (χ2n) is 6.32. The lowest BCUT2D eigenvalue weighted by molar-refractivity contribution is -0.112. The van der Waals surface area contributed by atoms with Crippen LogP contribution in [0.25, 0.3) is 6.08 Å². The number of nitriles is 1. The van der Waals surface area contributed by atoms with E-state index in [-0.39, 0.29) is 18.0 Å². The molecule has 1 N–H and O–H groups in total. The van der Waals surface area contributed by atoms with Crippen molar-refractivity contribution in [2.75, 3.05) is 5.32 Å². The first kappa shape index (κ1) is 23.2. The van der Waals surface area contributed by atoms with Gasteiger partial charge in [0.25, 0.3) is 5.91 Å². The fourth-order valence-electron chi connectivity index (χ4n) is 2.61. The van der Waals surface area contributed by atoms with Gasteiger partial charge in [-0.3, -0.25) is 4.79 Å². The number of amides is 1. The minimum atomic E-state index is -0.517. The molecule has 0 aliphatic heterocycles. The summed E-state index contributed by atoms with van der Waals surface area (Å²) in [5.41, 5.74) is 1.57. The van der Waals surface area contributed by atoms with Crippen LogP contribution in [-0.4, -0.2) is 5.91 Å².